The van der Waals surface area contributed by atoms with E-state index < -0.39 is 5.60 Å². The summed E-state index contributed by atoms with van der Waals surface area (Å²) in [6.07, 6.45) is 6.15. The van der Waals surface area contributed by atoms with Gasteiger partial charge in [0, 0.05) is 35.3 Å². The molecule has 1 aliphatic carbocycles. The van der Waals surface area contributed by atoms with Crippen molar-refractivity contribution in [1.82, 2.24) is 15.1 Å². The molecule has 1 aromatic heterocycles. The van der Waals surface area contributed by atoms with Crippen LogP contribution in [0.2, 0.25) is 0 Å². The fourth-order valence-corrected chi connectivity index (χ4v) is 4.31. The maximum absolute atomic E-state index is 13.1. The van der Waals surface area contributed by atoms with E-state index in [9.17, 15) is 9.90 Å². The number of likely N-dealkylation sites (tertiary alicyclic amines) is 1. The fraction of sp³-hybridized carbons (Fsp3) is 0.455. The Kier molecular flexibility index (Phi) is 4.32. The molecule has 4 rings (SSSR count). The standard InChI is InChI=1S/C22H25N3O2/c1-21(2,27)10-7-16-5-3-6-17(13-16)20(26)25-12-4-9-22(15-25)11-8-18-14-23-24-19(18)22/h3,5-6,13-14,27H,4,8-9,11-12,15H2,1-2H3,(H,23,24). The largest absolute Gasteiger partial charge is 0.378 e. The normalized spacial score (nSPS) is 21.7. The highest BCUT2D eigenvalue weighted by Gasteiger charge is 2.44. The Morgan fingerprint density at radius 1 is 1.37 bits per heavy atom. The van der Waals surface area contributed by atoms with Crippen LogP contribution in [-0.4, -0.2) is 44.8 Å². The van der Waals surface area contributed by atoms with Gasteiger partial charge >= 0.3 is 0 Å². The minimum absolute atomic E-state index is 0.0259. The van der Waals surface area contributed by atoms with Crippen molar-refractivity contribution in [2.75, 3.05) is 13.1 Å². The summed E-state index contributed by atoms with van der Waals surface area (Å²) in [5.74, 6) is 5.81. The number of piperidine rings is 1. The van der Waals surface area contributed by atoms with E-state index in [1.54, 1.807) is 13.8 Å². The number of hydrogen-bond donors (Lipinski definition) is 2. The summed E-state index contributed by atoms with van der Waals surface area (Å²) in [6.45, 7) is 4.81. The van der Waals surface area contributed by atoms with Gasteiger partial charge in [-0.1, -0.05) is 17.9 Å². The number of H-pyrrole nitrogens is 1. The number of aryl methyl sites for hydroxylation is 1. The van der Waals surface area contributed by atoms with E-state index >= 15 is 0 Å². The number of aromatic amines is 1. The summed E-state index contributed by atoms with van der Waals surface area (Å²) in [5, 5.41) is 17.2. The van der Waals surface area contributed by atoms with Crippen LogP contribution >= 0.6 is 0 Å². The molecule has 0 radical (unpaired) electrons. The molecule has 27 heavy (non-hydrogen) atoms. The van der Waals surface area contributed by atoms with Gasteiger partial charge in [-0.25, -0.2) is 0 Å². The maximum Gasteiger partial charge on any atom is 0.253 e. The van der Waals surface area contributed by atoms with Gasteiger partial charge in [-0.3, -0.25) is 9.89 Å². The number of hydrogen-bond acceptors (Lipinski definition) is 3. The van der Waals surface area contributed by atoms with Gasteiger partial charge in [0.1, 0.15) is 5.60 Å². The number of carbonyl (C=O) groups is 1. The average molecular weight is 363 g/mol. The molecule has 1 aliphatic heterocycles. The Balaban J connectivity index is 1.56. The fourth-order valence-electron chi connectivity index (χ4n) is 4.31. The number of aromatic nitrogens is 2. The van der Waals surface area contributed by atoms with Crippen LogP contribution in [0, 0.1) is 11.8 Å². The minimum Gasteiger partial charge on any atom is -0.378 e. The van der Waals surface area contributed by atoms with Gasteiger partial charge in [0.05, 0.1) is 6.20 Å². The molecule has 1 aromatic carbocycles. The van der Waals surface area contributed by atoms with Gasteiger partial charge in [0.2, 0.25) is 0 Å². The van der Waals surface area contributed by atoms with Gasteiger partial charge in [-0.2, -0.15) is 5.10 Å². The van der Waals surface area contributed by atoms with E-state index in [0.717, 1.165) is 44.3 Å². The zero-order valence-electron chi connectivity index (χ0n) is 15.9. The molecule has 5 heteroatoms. The lowest BCUT2D eigenvalue weighted by Crippen LogP contribution is -2.47. The van der Waals surface area contributed by atoms with Crippen molar-refractivity contribution >= 4 is 5.91 Å². The van der Waals surface area contributed by atoms with Crippen LogP contribution in [0.15, 0.2) is 30.5 Å². The minimum atomic E-state index is -1.05. The van der Waals surface area contributed by atoms with Crippen molar-refractivity contribution < 1.29 is 9.90 Å². The molecule has 1 amide bonds. The lowest BCUT2D eigenvalue weighted by Gasteiger charge is -2.40. The van der Waals surface area contributed by atoms with Crippen molar-refractivity contribution in [2.45, 2.75) is 50.5 Å². The molecule has 1 fully saturated rings. The maximum atomic E-state index is 13.1. The van der Waals surface area contributed by atoms with Crippen molar-refractivity contribution in [2.24, 2.45) is 0 Å². The first-order chi connectivity index (χ1) is 12.9. The van der Waals surface area contributed by atoms with Gasteiger partial charge in [0.15, 0.2) is 0 Å². The highest BCUT2D eigenvalue weighted by Crippen LogP contribution is 2.44. The lowest BCUT2D eigenvalue weighted by molar-refractivity contribution is 0.0633. The Bertz CT molecular complexity index is 929. The van der Waals surface area contributed by atoms with Crippen LogP contribution in [-0.2, 0) is 11.8 Å². The number of rotatable bonds is 1. The van der Waals surface area contributed by atoms with Crippen LogP contribution < -0.4 is 0 Å². The van der Waals surface area contributed by atoms with Crippen molar-refractivity contribution in [3.63, 3.8) is 0 Å². The first-order valence-electron chi connectivity index (χ1n) is 9.54. The zero-order chi connectivity index (χ0) is 19.1. The Morgan fingerprint density at radius 2 is 2.22 bits per heavy atom. The molecule has 1 atom stereocenters. The van der Waals surface area contributed by atoms with E-state index in [1.807, 2.05) is 35.4 Å². The summed E-state index contributed by atoms with van der Waals surface area (Å²) < 4.78 is 0. The molecule has 1 saturated heterocycles. The predicted molar refractivity (Wildman–Crippen MR) is 103 cm³/mol. The second-order valence-electron chi connectivity index (χ2n) is 8.27. The predicted octanol–water partition coefficient (Wildman–Crippen LogP) is 2.65. The van der Waals surface area contributed by atoms with Gasteiger partial charge in [-0.05, 0) is 63.3 Å². The van der Waals surface area contributed by atoms with Crippen molar-refractivity contribution in [3.05, 3.63) is 52.8 Å². The molecule has 1 unspecified atom stereocenters. The van der Waals surface area contributed by atoms with E-state index in [1.165, 1.54) is 11.3 Å². The second-order valence-corrected chi connectivity index (χ2v) is 8.27. The van der Waals surface area contributed by atoms with E-state index in [2.05, 4.69) is 22.0 Å². The Hall–Kier alpha value is -2.58. The molecule has 2 N–H and O–H groups in total. The molecule has 140 valence electrons. The van der Waals surface area contributed by atoms with E-state index in [0.29, 0.717) is 5.56 Å². The molecular formula is C22H25N3O2. The second kappa shape index (κ2) is 6.54. The Labute approximate surface area is 159 Å². The smallest absolute Gasteiger partial charge is 0.253 e. The summed E-state index contributed by atoms with van der Waals surface area (Å²) in [7, 11) is 0. The first kappa shape index (κ1) is 17.8. The molecule has 2 aromatic rings. The van der Waals surface area contributed by atoms with Crippen molar-refractivity contribution in [3.8, 4) is 11.8 Å². The molecule has 2 aliphatic rings. The van der Waals surface area contributed by atoms with Crippen LogP contribution in [0.5, 0.6) is 0 Å². The first-order valence-corrected chi connectivity index (χ1v) is 9.54. The molecular weight excluding hydrogens is 338 g/mol. The molecule has 2 heterocycles. The number of nitrogens with zero attached hydrogens (tertiary/aromatic N) is 2. The number of aliphatic hydroxyl groups is 1. The number of benzene rings is 1. The third-order valence-electron chi connectivity index (χ3n) is 5.61. The topological polar surface area (TPSA) is 69.2 Å². The summed E-state index contributed by atoms with van der Waals surface area (Å²) >= 11 is 0. The monoisotopic (exact) mass is 363 g/mol. The average Bonchev–Trinajstić information content (AvgIpc) is 3.24. The number of nitrogens with one attached hydrogen (secondary N) is 1. The van der Waals surface area contributed by atoms with Crippen LogP contribution in [0.1, 0.15) is 60.3 Å². The van der Waals surface area contributed by atoms with Gasteiger partial charge in [0.25, 0.3) is 5.91 Å². The van der Waals surface area contributed by atoms with Gasteiger partial charge < -0.3 is 10.0 Å². The lowest BCUT2D eigenvalue weighted by atomic mass is 9.77. The zero-order valence-corrected chi connectivity index (χ0v) is 15.9. The number of amides is 1. The molecule has 1 spiro atoms. The van der Waals surface area contributed by atoms with Crippen LogP contribution in [0.25, 0.3) is 0 Å². The van der Waals surface area contributed by atoms with Gasteiger partial charge in [-0.15, -0.1) is 0 Å². The molecule has 5 nitrogen and oxygen atoms in total. The van der Waals surface area contributed by atoms with E-state index in [-0.39, 0.29) is 11.3 Å². The molecule has 0 bridgehead atoms. The number of carbonyl (C=O) groups excluding carboxylic acids is 1. The highest BCUT2D eigenvalue weighted by atomic mass is 16.3. The van der Waals surface area contributed by atoms with E-state index in [4.69, 9.17) is 0 Å². The third-order valence-corrected chi connectivity index (χ3v) is 5.61. The Morgan fingerprint density at radius 3 is 3.04 bits per heavy atom. The summed E-state index contributed by atoms with van der Waals surface area (Å²) in [6, 6.07) is 7.37. The van der Waals surface area contributed by atoms with Crippen molar-refractivity contribution in [1.29, 1.82) is 0 Å². The third kappa shape index (κ3) is 3.50. The quantitative estimate of drug-likeness (QED) is 0.766. The molecule has 0 saturated carbocycles. The van der Waals surface area contributed by atoms with Crippen LogP contribution in [0.4, 0.5) is 0 Å². The SMILES string of the molecule is CC(C)(O)C#Cc1cccc(C(=O)N2CCCC3(CCc4cn[nH]c43)C2)c1. The number of fused-ring (bicyclic) bond motifs is 2. The highest BCUT2D eigenvalue weighted by molar-refractivity contribution is 5.94. The summed E-state index contributed by atoms with van der Waals surface area (Å²) in [5.41, 5.74) is 2.89. The van der Waals surface area contributed by atoms with Crippen LogP contribution in [0.3, 0.4) is 0 Å². The summed E-state index contributed by atoms with van der Waals surface area (Å²) in [4.78, 5) is 15.1.